The molecular formula is C15H25NO5. The quantitative estimate of drug-likeness (QED) is 0.803. The number of hydrogen-bond acceptors (Lipinski definition) is 4. The summed E-state index contributed by atoms with van der Waals surface area (Å²) in [7, 11) is 0. The summed E-state index contributed by atoms with van der Waals surface area (Å²) < 4.78 is 11.2. The smallest absolute Gasteiger partial charge is 0.410 e. The number of rotatable bonds is 1. The van der Waals surface area contributed by atoms with Gasteiger partial charge in [0.1, 0.15) is 5.60 Å². The number of ether oxygens (including phenoxy) is 2. The summed E-state index contributed by atoms with van der Waals surface area (Å²) in [5.41, 5.74) is -0.876. The lowest BCUT2D eigenvalue weighted by atomic mass is 9.88. The molecule has 0 radical (unpaired) electrons. The van der Waals surface area contributed by atoms with Crippen molar-refractivity contribution in [3.05, 3.63) is 0 Å². The maximum absolute atomic E-state index is 12.1. The minimum atomic E-state index is -0.792. The number of nitrogens with zero attached hydrogens (tertiary/aromatic N) is 1. The monoisotopic (exact) mass is 299 g/mol. The van der Waals surface area contributed by atoms with E-state index >= 15 is 0 Å². The zero-order valence-electron chi connectivity index (χ0n) is 13.1. The lowest BCUT2D eigenvalue weighted by molar-refractivity contribution is -0.141. The van der Waals surface area contributed by atoms with Crippen LogP contribution in [0.3, 0.4) is 0 Å². The standard InChI is InChI=1S/C15H25NO5/c1-14(2,3)21-13(19)16-7-4-5-15(6-8-16)9-11(10-20-15)12(17)18/h11H,4-10H2,1-3H3,(H,17,18)/t11-,15-/m1/s1. The van der Waals surface area contributed by atoms with E-state index in [1.54, 1.807) is 4.90 Å². The molecule has 0 unspecified atom stereocenters. The van der Waals surface area contributed by atoms with Gasteiger partial charge in [0.05, 0.1) is 18.1 Å². The van der Waals surface area contributed by atoms with Crippen molar-refractivity contribution in [2.24, 2.45) is 5.92 Å². The third-order valence-corrected chi connectivity index (χ3v) is 4.11. The van der Waals surface area contributed by atoms with Gasteiger partial charge in [0, 0.05) is 13.1 Å². The SMILES string of the molecule is CC(C)(C)OC(=O)N1CCC[C@@]2(CC1)C[C@@H](C(=O)O)CO2. The second-order valence-electron chi connectivity index (χ2n) is 7.05. The average molecular weight is 299 g/mol. The van der Waals surface area contributed by atoms with E-state index in [-0.39, 0.29) is 18.3 Å². The number of carbonyl (C=O) groups is 2. The van der Waals surface area contributed by atoms with E-state index < -0.39 is 17.5 Å². The van der Waals surface area contributed by atoms with Crippen LogP contribution in [0, 0.1) is 5.92 Å². The van der Waals surface area contributed by atoms with Gasteiger partial charge in [0.25, 0.3) is 0 Å². The lowest BCUT2D eigenvalue weighted by Gasteiger charge is -2.28. The molecule has 2 saturated heterocycles. The van der Waals surface area contributed by atoms with Crippen molar-refractivity contribution in [1.29, 1.82) is 0 Å². The van der Waals surface area contributed by atoms with Gasteiger partial charge in [-0.25, -0.2) is 4.79 Å². The van der Waals surface area contributed by atoms with Gasteiger partial charge in [-0.1, -0.05) is 0 Å². The van der Waals surface area contributed by atoms with Crippen molar-refractivity contribution in [3.63, 3.8) is 0 Å². The van der Waals surface area contributed by atoms with Crippen molar-refractivity contribution in [1.82, 2.24) is 4.90 Å². The van der Waals surface area contributed by atoms with Crippen molar-refractivity contribution in [2.45, 2.75) is 57.7 Å². The predicted molar refractivity (Wildman–Crippen MR) is 76.1 cm³/mol. The normalized spacial score (nSPS) is 30.2. The summed E-state index contributed by atoms with van der Waals surface area (Å²) in [6, 6.07) is 0. The topological polar surface area (TPSA) is 76.1 Å². The van der Waals surface area contributed by atoms with Crippen molar-refractivity contribution in [3.8, 4) is 0 Å². The molecule has 0 saturated carbocycles. The minimum absolute atomic E-state index is 0.280. The Morgan fingerprint density at radius 1 is 1.29 bits per heavy atom. The van der Waals surface area contributed by atoms with Crippen LogP contribution in [0.15, 0.2) is 0 Å². The van der Waals surface area contributed by atoms with Crippen LogP contribution in [0.5, 0.6) is 0 Å². The number of carboxylic acids is 1. The van der Waals surface area contributed by atoms with E-state index in [1.165, 1.54) is 0 Å². The van der Waals surface area contributed by atoms with E-state index in [2.05, 4.69) is 0 Å². The number of likely N-dealkylation sites (tertiary alicyclic amines) is 1. The highest BCUT2D eigenvalue weighted by molar-refractivity contribution is 5.70. The molecule has 21 heavy (non-hydrogen) atoms. The molecule has 1 N–H and O–H groups in total. The Bertz CT molecular complexity index is 417. The highest BCUT2D eigenvalue weighted by Gasteiger charge is 2.44. The summed E-state index contributed by atoms with van der Waals surface area (Å²) in [5.74, 6) is -1.21. The second kappa shape index (κ2) is 5.83. The Morgan fingerprint density at radius 3 is 2.57 bits per heavy atom. The highest BCUT2D eigenvalue weighted by atomic mass is 16.6. The highest BCUT2D eigenvalue weighted by Crippen LogP contribution is 2.38. The molecule has 0 aliphatic carbocycles. The maximum atomic E-state index is 12.1. The van der Waals surface area contributed by atoms with E-state index in [4.69, 9.17) is 14.6 Å². The van der Waals surface area contributed by atoms with E-state index in [9.17, 15) is 9.59 Å². The van der Waals surface area contributed by atoms with Gasteiger partial charge in [-0.3, -0.25) is 4.79 Å². The first-order valence-electron chi connectivity index (χ1n) is 7.55. The molecule has 0 aromatic carbocycles. The number of carboxylic acid groups (broad SMARTS) is 1. The molecule has 2 heterocycles. The van der Waals surface area contributed by atoms with Crippen molar-refractivity contribution < 1.29 is 24.2 Å². The van der Waals surface area contributed by atoms with Crippen LogP contribution in [0.1, 0.15) is 46.5 Å². The van der Waals surface area contributed by atoms with Crippen LogP contribution in [0.25, 0.3) is 0 Å². The van der Waals surface area contributed by atoms with Crippen LogP contribution in [-0.4, -0.2) is 53.0 Å². The lowest BCUT2D eigenvalue weighted by Crippen LogP contribution is -2.38. The van der Waals surface area contributed by atoms with Crippen molar-refractivity contribution >= 4 is 12.1 Å². The first-order chi connectivity index (χ1) is 9.71. The molecule has 0 bridgehead atoms. The number of aliphatic carboxylic acids is 1. The molecule has 2 aliphatic heterocycles. The van der Waals surface area contributed by atoms with Gasteiger partial charge < -0.3 is 19.5 Å². The molecule has 0 aromatic heterocycles. The molecule has 2 rings (SSSR count). The van der Waals surface area contributed by atoms with E-state index in [0.29, 0.717) is 25.9 Å². The summed E-state index contributed by atoms with van der Waals surface area (Å²) >= 11 is 0. The first-order valence-corrected chi connectivity index (χ1v) is 7.55. The van der Waals surface area contributed by atoms with Crippen molar-refractivity contribution in [2.75, 3.05) is 19.7 Å². The fourth-order valence-corrected chi connectivity index (χ4v) is 3.03. The van der Waals surface area contributed by atoms with Gasteiger partial charge >= 0.3 is 12.1 Å². The molecule has 0 aromatic rings. The maximum Gasteiger partial charge on any atom is 0.410 e. The molecule has 2 aliphatic rings. The Labute approximate surface area is 125 Å². The zero-order valence-corrected chi connectivity index (χ0v) is 13.1. The van der Waals surface area contributed by atoms with Crippen LogP contribution >= 0.6 is 0 Å². The van der Waals surface area contributed by atoms with Gasteiger partial charge in [0.2, 0.25) is 0 Å². The Hall–Kier alpha value is -1.30. The van der Waals surface area contributed by atoms with Crippen LogP contribution in [-0.2, 0) is 14.3 Å². The average Bonchev–Trinajstić information content (AvgIpc) is 2.63. The fraction of sp³-hybridized carbons (Fsp3) is 0.867. The van der Waals surface area contributed by atoms with Crippen LogP contribution in [0.2, 0.25) is 0 Å². The third-order valence-electron chi connectivity index (χ3n) is 4.11. The first kappa shape index (κ1) is 16.1. The second-order valence-corrected chi connectivity index (χ2v) is 7.05. The van der Waals surface area contributed by atoms with Gasteiger partial charge in [-0.2, -0.15) is 0 Å². The van der Waals surface area contributed by atoms with Gasteiger partial charge in [-0.05, 0) is 46.5 Å². The van der Waals surface area contributed by atoms with E-state index in [1.807, 2.05) is 20.8 Å². The number of amides is 1. The Kier molecular flexibility index (Phi) is 4.46. The van der Waals surface area contributed by atoms with Crippen LogP contribution in [0.4, 0.5) is 4.79 Å². The molecule has 1 amide bonds. The minimum Gasteiger partial charge on any atom is -0.481 e. The summed E-state index contributed by atoms with van der Waals surface area (Å²) in [5, 5.41) is 9.10. The fourth-order valence-electron chi connectivity index (χ4n) is 3.03. The molecule has 6 nitrogen and oxygen atoms in total. The summed E-state index contributed by atoms with van der Waals surface area (Å²) in [4.78, 5) is 24.9. The van der Waals surface area contributed by atoms with Gasteiger partial charge in [0.15, 0.2) is 0 Å². The Morgan fingerprint density at radius 2 is 2.00 bits per heavy atom. The number of hydrogen-bond donors (Lipinski definition) is 1. The van der Waals surface area contributed by atoms with Crippen LogP contribution < -0.4 is 0 Å². The van der Waals surface area contributed by atoms with Gasteiger partial charge in [-0.15, -0.1) is 0 Å². The zero-order chi connectivity index (χ0) is 15.7. The van der Waals surface area contributed by atoms with E-state index in [0.717, 1.165) is 12.8 Å². The molecular weight excluding hydrogens is 274 g/mol. The molecule has 1 spiro atoms. The Balaban J connectivity index is 1.94. The third kappa shape index (κ3) is 4.09. The molecule has 2 fully saturated rings. The molecule has 120 valence electrons. The molecule has 6 heteroatoms. The summed E-state index contributed by atoms with van der Waals surface area (Å²) in [6.07, 6.45) is 2.54. The molecule has 2 atom stereocenters. The summed E-state index contributed by atoms with van der Waals surface area (Å²) in [6.45, 7) is 7.02. The largest absolute Gasteiger partial charge is 0.481 e. The predicted octanol–water partition coefficient (Wildman–Crippen LogP) is 2.27. The number of carbonyl (C=O) groups excluding carboxylic acids is 1.